The lowest BCUT2D eigenvalue weighted by Crippen LogP contribution is -2.18. The molecule has 1 heterocycles. The summed E-state index contributed by atoms with van der Waals surface area (Å²) in [5.74, 6) is -2.81. The van der Waals surface area contributed by atoms with Crippen LogP contribution in [0.15, 0.2) is 23.1 Å². The summed E-state index contributed by atoms with van der Waals surface area (Å²) in [6.07, 6.45) is -4.82. The van der Waals surface area contributed by atoms with E-state index in [1.54, 1.807) is 6.92 Å². The summed E-state index contributed by atoms with van der Waals surface area (Å²) in [7, 11) is -3.21. The highest BCUT2D eigenvalue weighted by Gasteiger charge is 2.37. The molecule has 8 nitrogen and oxygen atoms in total. The van der Waals surface area contributed by atoms with Crippen LogP contribution >= 0.6 is 0 Å². The average Bonchev–Trinajstić information content (AvgIpc) is 2.88. The van der Waals surface area contributed by atoms with E-state index < -0.39 is 33.9 Å². The molecule has 1 N–H and O–H groups in total. The molecule has 0 bridgehead atoms. The molecule has 0 atom stereocenters. The number of carbonyl (C=O) groups excluding carboxylic acids is 1. The molecule has 0 amide bonds. The third kappa shape index (κ3) is 4.12. The van der Waals surface area contributed by atoms with E-state index in [0.29, 0.717) is 4.68 Å². The zero-order valence-corrected chi connectivity index (χ0v) is 14.8. The molecule has 2 aromatic rings. The number of sulfonamides is 1. The van der Waals surface area contributed by atoms with Gasteiger partial charge >= 0.3 is 12.1 Å². The summed E-state index contributed by atoms with van der Waals surface area (Å²) in [5.41, 5.74) is 0.274. The van der Waals surface area contributed by atoms with E-state index >= 15 is 0 Å². The molecule has 0 unspecified atom stereocenters. The Morgan fingerprint density at radius 1 is 1.35 bits per heavy atom. The number of esters is 1. The first kappa shape index (κ1) is 19.7. The van der Waals surface area contributed by atoms with Gasteiger partial charge in [-0.25, -0.2) is 22.6 Å². The molecule has 12 heteroatoms. The van der Waals surface area contributed by atoms with Gasteiger partial charge in [-0.3, -0.25) is 0 Å². The predicted octanol–water partition coefficient (Wildman–Crippen LogP) is 2.12. The van der Waals surface area contributed by atoms with E-state index in [2.05, 4.69) is 10.1 Å². The molecule has 0 spiro atoms. The molecule has 26 heavy (non-hydrogen) atoms. The molecule has 1 aromatic heterocycles. The lowest BCUT2D eigenvalue weighted by Gasteiger charge is -2.11. The Balaban J connectivity index is 2.41. The van der Waals surface area contributed by atoms with E-state index in [4.69, 9.17) is 4.74 Å². The van der Waals surface area contributed by atoms with Crippen molar-refractivity contribution in [1.82, 2.24) is 14.8 Å². The maximum Gasteiger partial charge on any atom is 0.453 e. The minimum Gasteiger partial charge on any atom is -0.462 e. The normalized spacial score (nSPS) is 12.1. The number of ether oxygens (including phenoxy) is 1. The molecule has 1 aromatic carbocycles. The van der Waals surface area contributed by atoms with Crippen molar-refractivity contribution in [3.8, 4) is 0 Å². The van der Waals surface area contributed by atoms with E-state index in [0.717, 1.165) is 13.1 Å². The molecule has 0 aliphatic carbocycles. The van der Waals surface area contributed by atoms with Crippen molar-refractivity contribution in [1.29, 1.82) is 0 Å². The quantitative estimate of drug-likeness (QED) is 0.782. The zero-order valence-electron chi connectivity index (χ0n) is 14.0. The molecule has 0 saturated heterocycles. The molecular formula is C14H15F3N4O4S. The van der Waals surface area contributed by atoms with Crippen molar-refractivity contribution < 1.29 is 31.1 Å². The minimum absolute atomic E-state index is 0.00762. The summed E-state index contributed by atoms with van der Waals surface area (Å²) < 4.78 is 70.4. The fraction of sp³-hybridized carbons (Fsp3) is 0.357. The number of nitrogens with one attached hydrogen (secondary N) is 1. The Bertz CT molecular complexity index is 938. The summed E-state index contributed by atoms with van der Waals surface area (Å²) in [6.45, 7) is 3.17. The van der Waals surface area contributed by atoms with Crippen molar-refractivity contribution in [2.75, 3.05) is 11.3 Å². The van der Waals surface area contributed by atoms with Crippen molar-refractivity contribution >= 4 is 21.9 Å². The Morgan fingerprint density at radius 2 is 2.00 bits per heavy atom. The van der Waals surface area contributed by atoms with Crippen LogP contribution in [0, 0.1) is 6.92 Å². The van der Waals surface area contributed by atoms with Crippen LogP contribution in [0.2, 0.25) is 0 Å². The van der Waals surface area contributed by atoms with E-state index in [1.165, 1.54) is 19.1 Å². The van der Waals surface area contributed by atoms with Gasteiger partial charge in [0, 0.05) is 7.05 Å². The monoisotopic (exact) mass is 392 g/mol. The standard InChI is InChI=1S/C14H15F3N4O4S/c1-4-25-11(22)9-6-5-8(2)10(7-9)26(23,24)20-13-18-12(14(15,16)17)19-21(13)3/h5-7H,4H2,1-3H3,(H,18,19,20). The topological polar surface area (TPSA) is 103 Å². The predicted molar refractivity (Wildman–Crippen MR) is 83.9 cm³/mol. The van der Waals surface area contributed by atoms with Gasteiger partial charge in [0.05, 0.1) is 17.1 Å². The lowest BCUT2D eigenvalue weighted by molar-refractivity contribution is -0.144. The Labute approximate surface area is 147 Å². The van der Waals surface area contributed by atoms with Gasteiger partial charge in [-0.1, -0.05) is 6.07 Å². The highest BCUT2D eigenvalue weighted by Crippen LogP contribution is 2.28. The molecule has 0 aliphatic heterocycles. The fourth-order valence-corrected chi connectivity index (χ4v) is 3.30. The van der Waals surface area contributed by atoms with Crippen LogP contribution in [-0.4, -0.2) is 35.8 Å². The fourth-order valence-electron chi connectivity index (χ4n) is 2.00. The van der Waals surface area contributed by atoms with E-state index in [9.17, 15) is 26.4 Å². The summed E-state index contributed by atoms with van der Waals surface area (Å²) >= 11 is 0. The average molecular weight is 392 g/mol. The first-order valence-electron chi connectivity index (χ1n) is 7.24. The number of benzene rings is 1. The molecule has 0 fully saturated rings. The number of rotatable bonds is 5. The van der Waals surface area contributed by atoms with Gasteiger partial charge in [-0.05, 0) is 31.5 Å². The van der Waals surface area contributed by atoms with E-state index in [1.807, 2.05) is 4.72 Å². The third-order valence-corrected chi connectivity index (χ3v) is 4.70. The molecule has 0 aliphatic rings. The van der Waals surface area contributed by atoms with Crippen LogP contribution in [0.3, 0.4) is 0 Å². The highest BCUT2D eigenvalue weighted by molar-refractivity contribution is 7.92. The number of anilines is 1. The third-order valence-electron chi connectivity index (χ3n) is 3.23. The lowest BCUT2D eigenvalue weighted by atomic mass is 10.1. The number of hydrogen-bond acceptors (Lipinski definition) is 6. The highest BCUT2D eigenvalue weighted by atomic mass is 32.2. The summed E-state index contributed by atoms with van der Waals surface area (Å²) in [6, 6.07) is 3.85. The molecular weight excluding hydrogens is 377 g/mol. The van der Waals surface area contributed by atoms with Crippen LogP contribution in [0.4, 0.5) is 19.1 Å². The second kappa shape index (κ2) is 6.94. The van der Waals surface area contributed by atoms with Crippen molar-refractivity contribution in [2.24, 2.45) is 7.05 Å². The maximum absolute atomic E-state index is 12.6. The van der Waals surface area contributed by atoms with Gasteiger partial charge in [0.25, 0.3) is 15.8 Å². The maximum atomic E-state index is 12.6. The Hall–Kier alpha value is -2.63. The van der Waals surface area contributed by atoms with Gasteiger partial charge in [0.2, 0.25) is 5.95 Å². The van der Waals surface area contributed by atoms with Gasteiger partial charge in [0.15, 0.2) is 0 Å². The van der Waals surface area contributed by atoms with Crippen LogP contribution in [0.5, 0.6) is 0 Å². The Morgan fingerprint density at radius 3 is 2.54 bits per heavy atom. The number of nitrogens with zero attached hydrogens (tertiary/aromatic N) is 3. The smallest absolute Gasteiger partial charge is 0.453 e. The second-order valence-corrected chi connectivity index (χ2v) is 6.84. The number of aromatic nitrogens is 3. The first-order chi connectivity index (χ1) is 12.0. The van der Waals surface area contributed by atoms with Gasteiger partial charge in [-0.15, -0.1) is 5.10 Å². The van der Waals surface area contributed by atoms with Crippen LogP contribution < -0.4 is 4.72 Å². The summed E-state index contributed by atoms with van der Waals surface area (Å²) in [4.78, 5) is 14.6. The Kier molecular flexibility index (Phi) is 5.26. The molecule has 0 saturated carbocycles. The number of carbonyl (C=O) groups is 1. The van der Waals surface area contributed by atoms with Crippen LogP contribution in [0.25, 0.3) is 0 Å². The van der Waals surface area contributed by atoms with Crippen LogP contribution in [0.1, 0.15) is 28.7 Å². The van der Waals surface area contributed by atoms with Crippen LogP contribution in [-0.2, 0) is 28.0 Å². The van der Waals surface area contributed by atoms with Gasteiger partial charge < -0.3 is 4.74 Å². The molecule has 142 valence electrons. The van der Waals surface area contributed by atoms with Crippen molar-refractivity contribution in [3.05, 3.63) is 35.2 Å². The minimum atomic E-state index is -4.82. The van der Waals surface area contributed by atoms with Crippen molar-refractivity contribution in [2.45, 2.75) is 24.9 Å². The number of alkyl halides is 3. The molecule has 0 radical (unpaired) electrons. The number of halogens is 3. The number of hydrogen-bond donors (Lipinski definition) is 1. The number of aryl methyl sites for hydroxylation is 2. The molecule has 2 rings (SSSR count). The zero-order chi connectivity index (χ0) is 19.7. The largest absolute Gasteiger partial charge is 0.462 e. The first-order valence-corrected chi connectivity index (χ1v) is 8.73. The second-order valence-electron chi connectivity index (χ2n) is 5.19. The van der Waals surface area contributed by atoms with Gasteiger partial charge in [0.1, 0.15) is 0 Å². The SMILES string of the molecule is CCOC(=O)c1ccc(C)c(S(=O)(=O)Nc2nc(C(F)(F)F)nn2C)c1. The van der Waals surface area contributed by atoms with Crippen molar-refractivity contribution in [3.63, 3.8) is 0 Å². The van der Waals surface area contributed by atoms with E-state index in [-0.39, 0.29) is 22.6 Å². The van der Waals surface area contributed by atoms with Gasteiger partial charge in [-0.2, -0.15) is 18.2 Å². The summed E-state index contributed by atoms with van der Waals surface area (Å²) in [5, 5.41) is 3.13.